The highest BCUT2D eigenvalue weighted by molar-refractivity contribution is 6.00. The van der Waals surface area contributed by atoms with Crippen molar-refractivity contribution >= 4 is 11.6 Å². The second-order valence-electron chi connectivity index (χ2n) is 7.37. The van der Waals surface area contributed by atoms with Crippen LogP contribution in [0.15, 0.2) is 24.4 Å². The first-order chi connectivity index (χ1) is 12.1. The summed E-state index contributed by atoms with van der Waals surface area (Å²) in [6, 6.07) is 6.40. The van der Waals surface area contributed by atoms with E-state index >= 15 is 0 Å². The number of hydrogen-bond acceptors (Lipinski definition) is 3. The van der Waals surface area contributed by atoms with E-state index in [9.17, 15) is 4.79 Å². The van der Waals surface area contributed by atoms with Gasteiger partial charge in [0.1, 0.15) is 5.82 Å². The number of imidazole rings is 1. The van der Waals surface area contributed by atoms with Gasteiger partial charge in [-0.1, -0.05) is 11.6 Å². The van der Waals surface area contributed by atoms with Crippen molar-refractivity contribution < 1.29 is 4.79 Å². The number of rotatable bonds is 3. The Hall–Kier alpha value is -2.30. The third-order valence-electron chi connectivity index (χ3n) is 5.29. The molecule has 2 aromatic rings. The van der Waals surface area contributed by atoms with E-state index < -0.39 is 0 Å². The predicted octanol–water partition coefficient (Wildman–Crippen LogP) is 2.84. The lowest BCUT2D eigenvalue weighted by atomic mass is 10.0. The number of anilines is 1. The average Bonchev–Trinajstić information content (AvgIpc) is 3.23. The predicted molar refractivity (Wildman–Crippen MR) is 99.2 cm³/mol. The Bertz CT molecular complexity index is 789. The molecule has 0 radical (unpaired) electrons. The minimum absolute atomic E-state index is 0.0517. The van der Waals surface area contributed by atoms with Crippen molar-refractivity contribution in [2.45, 2.75) is 52.1 Å². The third-order valence-corrected chi connectivity index (χ3v) is 5.29. The Balaban J connectivity index is 1.52. The van der Waals surface area contributed by atoms with E-state index in [1.165, 1.54) is 12.8 Å². The minimum atomic E-state index is 0.0517. The van der Waals surface area contributed by atoms with Crippen LogP contribution in [-0.4, -0.2) is 34.6 Å². The maximum atomic E-state index is 13.0. The van der Waals surface area contributed by atoms with E-state index in [-0.39, 0.29) is 11.9 Å². The summed E-state index contributed by atoms with van der Waals surface area (Å²) >= 11 is 0. The van der Waals surface area contributed by atoms with Crippen molar-refractivity contribution in [3.05, 3.63) is 47.0 Å². The zero-order valence-corrected chi connectivity index (χ0v) is 15.1. The summed E-state index contributed by atoms with van der Waals surface area (Å²) in [6.07, 6.45) is 6.37. The van der Waals surface area contributed by atoms with Crippen LogP contribution in [0.1, 0.15) is 46.7 Å². The molecule has 1 aromatic heterocycles. The normalized spacial score (nSPS) is 19.8. The zero-order valence-electron chi connectivity index (χ0n) is 15.1. The number of aryl methyl sites for hydroxylation is 3. The standard InChI is InChI=1S/C20H26N4O/c1-14-5-7-18(23-9-3-4-10-23)17(11-14)20(25)22-16-6-8-19-21-15(2)12-24(19)13-16/h5,7,11-12,16H,3-4,6,8-10,13H2,1-2H3,(H,22,25)/t16-/m0/s1. The smallest absolute Gasteiger partial charge is 0.253 e. The van der Waals surface area contributed by atoms with E-state index in [1.54, 1.807) is 0 Å². The van der Waals surface area contributed by atoms with Gasteiger partial charge in [0.15, 0.2) is 0 Å². The first-order valence-corrected chi connectivity index (χ1v) is 9.29. The molecule has 0 unspecified atom stereocenters. The second kappa shape index (κ2) is 6.54. The molecule has 0 spiro atoms. The number of benzene rings is 1. The molecule has 1 saturated heterocycles. The van der Waals surface area contributed by atoms with E-state index in [0.29, 0.717) is 0 Å². The molecule has 5 nitrogen and oxygen atoms in total. The molecule has 5 heteroatoms. The lowest BCUT2D eigenvalue weighted by Crippen LogP contribution is -2.41. The van der Waals surface area contributed by atoms with Gasteiger partial charge >= 0.3 is 0 Å². The number of carbonyl (C=O) groups is 1. The summed E-state index contributed by atoms with van der Waals surface area (Å²) in [4.78, 5) is 19.9. The van der Waals surface area contributed by atoms with E-state index in [4.69, 9.17) is 0 Å². The maximum absolute atomic E-state index is 13.0. The lowest BCUT2D eigenvalue weighted by Gasteiger charge is -2.26. The fraction of sp³-hybridized carbons (Fsp3) is 0.500. The highest BCUT2D eigenvalue weighted by Gasteiger charge is 2.24. The molecule has 1 N–H and O–H groups in total. The van der Waals surface area contributed by atoms with Gasteiger partial charge in [0.2, 0.25) is 0 Å². The molecule has 0 aliphatic carbocycles. The molecule has 132 valence electrons. The quantitative estimate of drug-likeness (QED) is 0.936. The fourth-order valence-corrected chi connectivity index (χ4v) is 4.03. The van der Waals surface area contributed by atoms with Crippen molar-refractivity contribution in [1.82, 2.24) is 14.9 Å². The largest absolute Gasteiger partial charge is 0.371 e. The van der Waals surface area contributed by atoms with Crippen LogP contribution in [0.4, 0.5) is 5.69 Å². The van der Waals surface area contributed by atoms with Crippen molar-refractivity contribution in [3.8, 4) is 0 Å². The number of nitrogens with one attached hydrogen (secondary N) is 1. The van der Waals surface area contributed by atoms with Gasteiger partial charge in [-0.05, 0) is 45.2 Å². The van der Waals surface area contributed by atoms with Crippen LogP contribution in [0.3, 0.4) is 0 Å². The van der Waals surface area contributed by atoms with Crippen molar-refractivity contribution in [2.75, 3.05) is 18.0 Å². The Morgan fingerprint density at radius 1 is 1.24 bits per heavy atom. The Labute approximate surface area is 149 Å². The van der Waals surface area contributed by atoms with Crippen LogP contribution in [0.2, 0.25) is 0 Å². The van der Waals surface area contributed by atoms with Crippen molar-refractivity contribution in [2.24, 2.45) is 0 Å². The summed E-state index contributed by atoms with van der Waals surface area (Å²) in [7, 11) is 0. The molecule has 4 rings (SSSR count). The molecule has 1 aromatic carbocycles. The summed E-state index contributed by atoms with van der Waals surface area (Å²) in [5, 5.41) is 3.26. The molecular formula is C20H26N4O. The molecule has 25 heavy (non-hydrogen) atoms. The lowest BCUT2D eigenvalue weighted by molar-refractivity contribution is 0.0928. The van der Waals surface area contributed by atoms with E-state index in [0.717, 1.165) is 60.8 Å². The van der Waals surface area contributed by atoms with Crippen molar-refractivity contribution in [1.29, 1.82) is 0 Å². The molecule has 0 bridgehead atoms. The van der Waals surface area contributed by atoms with Gasteiger partial charge in [-0.25, -0.2) is 4.98 Å². The zero-order chi connectivity index (χ0) is 17.4. The SMILES string of the molecule is Cc1ccc(N2CCCC2)c(C(=O)N[C@H]2CCc3nc(C)cn3C2)c1. The fourth-order valence-electron chi connectivity index (χ4n) is 4.03. The van der Waals surface area contributed by atoms with Crippen molar-refractivity contribution in [3.63, 3.8) is 0 Å². The Morgan fingerprint density at radius 2 is 2.04 bits per heavy atom. The summed E-state index contributed by atoms with van der Waals surface area (Å²) in [6.45, 7) is 6.97. The number of nitrogens with zero attached hydrogens (tertiary/aromatic N) is 3. The number of aromatic nitrogens is 2. The average molecular weight is 338 g/mol. The van der Waals surface area contributed by atoms with Crippen LogP contribution < -0.4 is 10.2 Å². The molecular weight excluding hydrogens is 312 g/mol. The summed E-state index contributed by atoms with van der Waals surface area (Å²) in [5.41, 5.74) is 4.08. The Kier molecular flexibility index (Phi) is 4.24. The first-order valence-electron chi connectivity index (χ1n) is 9.29. The first kappa shape index (κ1) is 16.2. The topological polar surface area (TPSA) is 50.2 Å². The van der Waals surface area contributed by atoms with Gasteiger partial charge in [-0.15, -0.1) is 0 Å². The number of fused-ring (bicyclic) bond motifs is 1. The summed E-state index contributed by atoms with van der Waals surface area (Å²) in [5.74, 6) is 1.19. The monoisotopic (exact) mass is 338 g/mol. The van der Waals surface area contributed by atoms with Crippen LogP contribution >= 0.6 is 0 Å². The van der Waals surface area contributed by atoms with Crippen LogP contribution in [0.5, 0.6) is 0 Å². The third kappa shape index (κ3) is 3.28. The number of amides is 1. The van der Waals surface area contributed by atoms with Crippen LogP contribution in [-0.2, 0) is 13.0 Å². The van der Waals surface area contributed by atoms with Crippen LogP contribution in [0.25, 0.3) is 0 Å². The molecule has 3 heterocycles. The molecule has 0 saturated carbocycles. The number of hydrogen-bond donors (Lipinski definition) is 1. The van der Waals surface area contributed by atoms with Gasteiger partial charge in [0, 0.05) is 44.0 Å². The van der Waals surface area contributed by atoms with E-state index in [1.807, 2.05) is 19.9 Å². The van der Waals surface area contributed by atoms with Gasteiger partial charge in [-0.2, -0.15) is 0 Å². The van der Waals surface area contributed by atoms with Gasteiger partial charge in [0.05, 0.1) is 11.3 Å². The molecule has 1 atom stereocenters. The number of carbonyl (C=O) groups excluding carboxylic acids is 1. The minimum Gasteiger partial charge on any atom is -0.371 e. The van der Waals surface area contributed by atoms with Gasteiger partial charge in [-0.3, -0.25) is 4.79 Å². The molecule has 2 aliphatic rings. The molecule has 1 amide bonds. The van der Waals surface area contributed by atoms with Crippen LogP contribution in [0, 0.1) is 13.8 Å². The maximum Gasteiger partial charge on any atom is 0.253 e. The molecule has 2 aliphatic heterocycles. The Morgan fingerprint density at radius 3 is 2.84 bits per heavy atom. The van der Waals surface area contributed by atoms with E-state index in [2.05, 4.69) is 38.1 Å². The van der Waals surface area contributed by atoms with Gasteiger partial charge < -0.3 is 14.8 Å². The molecule has 1 fully saturated rings. The second-order valence-corrected chi connectivity index (χ2v) is 7.37. The highest BCUT2D eigenvalue weighted by Crippen LogP contribution is 2.26. The highest BCUT2D eigenvalue weighted by atomic mass is 16.1. The van der Waals surface area contributed by atoms with Gasteiger partial charge in [0.25, 0.3) is 5.91 Å². The summed E-state index contributed by atoms with van der Waals surface area (Å²) < 4.78 is 2.18.